The Morgan fingerprint density at radius 3 is 2.59 bits per heavy atom. The van der Waals surface area contributed by atoms with Crippen molar-refractivity contribution in [3.8, 4) is 5.75 Å². The lowest BCUT2D eigenvalue weighted by atomic mass is 9.99. The van der Waals surface area contributed by atoms with E-state index in [0.29, 0.717) is 31.3 Å². The van der Waals surface area contributed by atoms with Crippen LogP contribution in [0.25, 0.3) is 11.0 Å². The molecule has 1 atom stereocenters. The molecule has 2 aromatic carbocycles. The van der Waals surface area contributed by atoms with Crippen molar-refractivity contribution < 1.29 is 9.53 Å². The van der Waals surface area contributed by atoms with Gasteiger partial charge >= 0.3 is 0 Å². The second-order valence-electron chi connectivity index (χ2n) is 7.79. The summed E-state index contributed by atoms with van der Waals surface area (Å²) < 4.78 is 8.10. The molecule has 32 heavy (non-hydrogen) atoms. The third-order valence-corrected chi connectivity index (χ3v) is 5.68. The molecule has 0 spiro atoms. The van der Waals surface area contributed by atoms with Crippen LogP contribution < -0.4 is 10.1 Å². The highest BCUT2D eigenvalue weighted by atomic mass is 16.5. The summed E-state index contributed by atoms with van der Waals surface area (Å²) in [7, 11) is 0. The van der Waals surface area contributed by atoms with E-state index in [0.717, 1.165) is 29.0 Å². The smallest absolute Gasteiger partial charge is 0.270 e. The van der Waals surface area contributed by atoms with Gasteiger partial charge in [0, 0.05) is 6.20 Å². The Hall–Kier alpha value is -3.67. The molecule has 4 aromatic rings. The third-order valence-electron chi connectivity index (χ3n) is 5.68. The number of fused-ring (bicyclic) bond motifs is 1. The molecule has 0 bridgehead atoms. The molecule has 1 amide bonds. The van der Waals surface area contributed by atoms with Gasteiger partial charge in [-0.15, -0.1) is 0 Å². The molecule has 0 aliphatic carbocycles. The summed E-state index contributed by atoms with van der Waals surface area (Å²) in [6.07, 6.45) is 2.73. The van der Waals surface area contributed by atoms with E-state index in [1.165, 1.54) is 5.56 Å². The van der Waals surface area contributed by atoms with Crippen molar-refractivity contribution in [2.45, 2.75) is 39.3 Å². The highest BCUT2D eigenvalue weighted by molar-refractivity contribution is 5.92. The molecular formula is C26H28N4O2. The van der Waals surface area contributed by atoms with Crippen LogP contribution in [0, 0.1) is 0 Å². The lowest BCUT2D eigenvalue weighted by Gasteiger charge is -2.13. The molecule has 0 saturated heterocycles. The number of aromatic nitrogens is 3. The van der Waals surface area contributed by atoms with E-state index in [9.17, 15) is 4.79 Å². The number of nitrogens with zero attached hydrogens (tertiary/aromatic N) is 3. The lowest BCUT2D eigenvalue weighted by Crippen LogP contribution is -2.26. The minimum Gasteiger partial charge on any atom is -0.492 e. The molecule has 164 valence electrons. The van der Waals surface area contributed by atoms with Crippen molar-refractivity contribution in [2.24, 2.45) is 0 Å². The van der Waals surface area contributed by atoms with E-state index >= 15 is 0 Å². The Bertz CT molecular complexity index is 1170. The molecule has 6 heteroatoms. The number of para-hydroxylation sites is 2. The number of carbonyl (C=O) groups is 1. The average Bonchev–Trinajstić information content (AvgIpc) is 3.20. The molecule has 2 heterocycles. The fourth-order valence-corrected chi connectivity index (χ4v) is 3.64. The Kier molecular flexibility index (Phi) is 6.80. The SMILES string of the molecule is CCC(C)c1ccc(OCCn2c(CNC(=O)c3ccccn3)nc3ccccc32)cc1. The molecular weight excluding hydrogens is 400 g/mol. The van der Waals surface area contributed by atoms with E-state index < -0.39 is 0 Å². The quantitative estimate of drug-likeness (QED) is 0.409. The molecule has 1 N–H and O–H groups in total. The Morgan fingerprint density at radius 2 is 1.84 bits per heavy atom. The summed E-state index contributed by atoms with van der Waals surface area (Å²) in [4.78, 5) is 21.2. The van der Waals surface area contributed by atoms with Crippen LogP contribution in [0.5, 0.6) is 5.75 Å². The van der Waals surface area contributed by atoms with Crippen molar-refractivity contribution in [2.75, 3.05) is 6.61 Å². The zero-order valence-corrected chi connectivity index (χ0v) is 18.5. The van der Waals surface area contributed by atoms with Crippen molar-refractivity contribution >= 4 is 16.9 Å². The van der Waals surface area contributed by atoms with Crippen LogP contribution in [-0.4, -0.2) is 27.0 Å². The van der Waals surface area contributed by atoms with Crippen molar-refractivity contribution in [3.05, 3.63) is 90.0 Å². The summed E-state index contributed by atoms with van der Waals surface area (Å²) in [5, 5.41) is 2.92. The maximum atomic E-state index is 12.4. The van der Waals surface area contributed by atoms with Crippen molar-refractivity contribution in [1.29, 1.82) is 0 Å². The third kappa shape index (κ3) is 4.97. The van der Waals surface area contributed by atoms with Gasteiger partial charge in [-0.2, -0.15) is 0 Å². The second-order valence-corrected chi connectivity index (χ2v) is 7.79. The molecule has 0 aliphatic rings. The largest absolute Gasteiger partial charge is 0.492 e. The van der Waals surface area contributed by atoms with Gasteiger partial charge in [0.25, 0.3) is 5.91 Å². The maximum Gasteiger partial charge on any atom is 0.270 e. The Morgan fingerprint density at radius 1 is 1.06 bits per heavy atom. The number of benzene rings is 2. The minimum absolute atomic E-state index is 0.221. The first-order chi connectivity index (χ1) is 15.7. The van der Waals surface area contributed by atoms with Gasteiger partial charge in [0.2, 0.25) is 0 Å². The van der Waals surface area contributed by atoms with E-state index in [2.05, 4.69) is 40.8 Å². The van der Waals surface area contributed by atoms with Crippen LogP contribution in [0.2, 0.25) is 0 Å². The topological polar surface area (TPSA) is 69.0 Å². The van der Waals surface area contributed by atoms with Gasteiger partial charge in [-0.25, -0.2) is 4.98 Å². The zero-order valence-electron chi connectivity index (χ0n) is 18.5. The van der Waals surface area contributed by atoms with Crippen LogP contribution in [0.4, 0.5) is 0 Å². The Labute approximate surface area is 188 Å². The van der Waals surface area contributed by atoms with Gasteiger partial charge in [0.1, 0.15) is 23.9 Å². The molecule has 2 aromatic heterocycles. The monoisotopic (exact) mass is 428 g/mol. The number of carbonyl (C=O) groups excluding carboxylic acids is 1. The van der Waals surface area contributed by atoms with Crippen LogP contribution in [0.3, 0.4) is 0 Å². The van der Waals surface area contributed by atoms with Crippen molar-refractivity contribution in [3.63, 3.8) is 0 Å². The Balaban J connectivity index is 1.44. The summed E-state index contributed by atoms with van der Waals surface area (Å²) in [5.41, 5.74) is 3.63. The summed E-state index contributed by atoms with van der Waals surface area (Å²) in [6.45, 7) is 5.87. The number of amides is 1. The first-order valence-electron chi connectivity index (χ1n) is 11.0. The predicted molar refractivity (Wildman–Crippen MR) is 126 cm³/mol. The fourth-order valence-electron chi connectivity index (χ4n) is 3.64. The highest BCUT2D eigenvalue weighted by Crippen LogP contribution is 2.22. The van der Waals surface area contributed by atoms with Gasteiger partial charge < -0.3 is 14.6 Å². The van der Waals surface area contributed by atoms with Gasteiger partial charge in [0.15, 0.2) is 0 Å². The average molecular weight is 429 g/mol. The first-order valence-corrected chi connectivity index (χ1v) is 11.0. The molecule has 0 radical (unpaired) electrons. The lowest BCUT2D eigenvalue weighted by molar-refractivity contribution is 0.0944. The van der Waals surface area contributed by atoms with Gasteiger partial charge in [-0.05, 0) is 54.3 Å². The molecule has 0 fully saturated rings. The second kappa shape index (κ2) is 10.1. The fraction of sp³-hybridized carbons (Fsp3) is 0.269. The minimum atomic E-state index is -0.221. The van der Waals surface area contributed by atoms with Crippen LogP contribution >= 0.6 is 0 Å². The number of hydrogen-bond donors (Lipinski definition) is 1. The number of imidazole rings is 1. The number of hydrogen-bond acceptors (Lipinski definition) is 4. The number of pyridine rings is 1. The van der Waals surface area contributed by atoms with Gasteiger partial charge in [-0.3, -0.25) is 9.78 Å². The van der Waals surface area contributed by atoms with E-state index in [1.807, 2.05) is 36.4 Å². The number of nitrogens with one attached hydrogen (secondary N) is 1. The first kappa shape index (κ1) is 21.6. The van der Waals surface area contributed by atoms with E-state index in [-0.39, 0.29) is 5.91 Å². The zero-order chi connectivity index (χ0) is 22.3. The number of rotatable bonds is 9. The van der Waals surface area contributed by atoms with Crippen LogP contribution in [-0.2, 0) is 13.1 Å². The van der Waals surface area contributed by atoms with Crippen LogP contribution in [0.1, 0.15) is 48.1 Å². The predicted octanol–water partition coefficient (Wildman–Crippen LogP) is 4.95. The number of ether oxygens (including phenoxy) is 1. The van der Waals surface area contributed by atoms with E-state index in [1.54, 1.807) is 24.4 Å². The molecule has 6 nitrogen and oxygen atoms in total. The molecule has 0 saturated carbocycles. The normalized spacial score (nSPS) is 11.9. The molecule has 4 rings (SSSR count). The standard InChI is InChI=1S/C26H28N4O2/c1-3-19(2)20-11-13-21(14-12-20)32-17-16-30-24-10-5-4-8-22(24)29-25(30)18-28-26(31)23-9-6-7-15-27-23/h4-15,19H,3,16-18H2,1-2H3,(H,28,31). The van der Waals surface area contributed by atoms with E-state index in [4.69, 9.17) is 9.72 Å². The summed E-state index contributed by atoms with van der Waals surface area (Å²) in [6, 6.07) is 21.6. The van der Waals surface area contributed by atoms with Gasteiger partial charge in [0.05, 0.1) is 24.1 Å². The summed E-state index contributed by atoms with van der Waals surface area (Å²) >= 11 is 0. The van der Waals surface area contributed by atoms with Gasteiger partial charge in [-0.1, -0.05) is 44.2 Å². The highest BCUT2D eigenvalue weighted by Gasteiger charge is 2.13. The van der Waals surface area contributed by atoms with Crippen LogP contribution in [0.15, 0.2) is 72.9 Å². The molecule has 1 unspecified atom stereocenters. The maximum absolute atomic E-state index is 12.4. The summed E-state index contributed by atoms with van der Waals surface area (Å²) in [5.74, 6) is 1.96. The molecule has 0 aliphatic heterocycles. The van der Waals surface area contributed by atoms with Crippen molar-refractivity contribution in [1.82, 2.24) is 19.9 Å².